The average Bonchev–Trinajstić information content (AvgIpc) is 3.09. The summed E-state index contributed by atoms with van der Waals surface area (Å²) in [5, 5.41) is 11.2. The van der Waals surface area contributed by atoms with Crippen LogP contribution >= 0.6 is 0 Å². The van der Waals surface area contributed by atoms with Crippen LogP contribution in [-0.2, 0) is 0 Å². The number of hydrogen-bond acceptors (Lipinski definition) is 5. The summed E-state index contributed by atoms with van der Waals surface area (Å²) in [7, 11) is 1.62. The van der Waals surface area contributed by atoms with E-state index in [2.05, 4.69) is 27.5 Å². The highest BCUT2D eigenvalue weighted by Crippen LogP contribution is 2.18. The van der Waals surface area contributed by atoms with E-state index >= 15 is 0 Å². The molecule has 1 unspecified atom stereocenters. The molecule has 2 heterocycles. The van der Waals surface area contributed by atoms with Gasteiger partial charge in [-0.25, -0.2) is 4.68 Å². The molecule has 2 aromatic rings. The molecule has 1 saturated heterocycles. The van der Waals surface area contributed by atoms with E-state index in [1.807, 2.05) is 31.2 Å². The van der Waals surface area contributed by atoms with Crippen molar-refractivity contribution in [3.8, 4) is 11.4 Å². The maximum Gasteiger partial charge on any atom is 0.273 e. The predicted molar refractivity (Wildman–Crippen MR) is 109 cm³/mol. The lowest BCUT2D eigenvalue weighted by molar-refractivity contribution is 0.0946. The molecule has 1 aliphatic heterocycles. The second kappa shape index (κ2) is 9.68. The van der Waals surface area contributed by atoms with Crippen molar-refractivity contribution < 1.29 is 9.53 Å². The smallest absolute Gasteiger partial charge is 0.273 e. The van der Waals surface area contributed by atoms with Crippen LogP contribution in [0, 0.1) is 12.8 Å². The number of nitrogens with zero attached hydrogens (tertiary/aromatic N) is 4. The summed E-state index contributed by atoms with van der Waals surface area (Å²) in [5.74, 6) is 1.38. The Labute approximate surface area is 167 Å². The summed E-state index contributed by atoms with van der Waals surface area (Å²) in [6.07, 6.45) is 4.73. The van der Waals surface area contributed by atoms with E-state index in [0.717, 1.165) is 36.7 Å². The molecule has 0 saturated carbocycles. The topological polar surface area (TPSA) is 72.3 Å². The van der Waals surface area contributed by atoms with Crippen LogP contribution < -0.4 is 10.1 Å². The lowest BCUT2D eigenvalue weighted by atomic mass is 10.0. The van der Waals surface area contributed by atoms with Gasteiger partial charge in [0.15, 0.2) is 5.69 Å². The molecule has 0 spiro atoms. The summed E-state index contributed by atoms with van der Waals surface area (Å²) >= 11 is 0. The van der Waals surface area contributed by atoms with E-state index in [1.54, 1.807) is 11.8 Å². The van der Waals surface area contributed by atoms with Gasteiger partial charge < -0.3 is 15.0 Å². The van der Waals surface area contributed by atoms with E-state index in [-0.39, 0.29) is 5.91 Å². The number of methoxy groups -OCH3 is 1. The lowest BCUT2D eigenvalue weighted by Gasteiger charge is -2.30. The van der Waals surface area contributed by atoms with Crippen molar-refractivity contribution >= 4 is 5.91 Å². The molecule has 1 atom stereocenters. The van der Waals surface area contributed by atoms with Gasteiger partial charge in [-0.05, 0) is 63.7 Å². The monoisotopic (exact) mass is 385 g/mol. The summed E-state index contributed by atoms with van der Waals surface area (Å²) in [4.78, 5) is 15.0. The Balaban J connectivity index is 1.47. The fourth-order valence-electron chi connectivity index (χ4n) is 3.76. The van der Waals surface area contributed by atoms with Gasteiger partial charge in [-0.2, -0.15) is 0 Å². The molecule has 7 nitrogen and oxygen atoms in total. The molecule has 3 rings (SSSR count). The number of carbonyl (C=O) groups excluding carboxylic acids is 1. The summed E-state index contributed by atoms with van der Waals surface area (Å²) in [6, 6.07) is 7.53. The molecule has 1 N–H and O–H groups in total. The van der Waals surface area contributed by atoms with Gasteiger partial charge in [0.25, 0.3) is 5.91 Å². The molecule has 28 heavy (non-hydrogen) atoms. The van der Waals surface area contributed by atoms with Crippen LogP contribution in [0.3, 0.4) is 0 Å². The molecule has 0 bridgehead atoms. The van der Waals surface area contributed by atoms with Crippen molar-refractivity contribution in [1.82, 2.24) is 25.2 Å². The average molecular weight is 386 g/mol. The molecule has 0 aliphatic carbocycles. The Hall–Kier alpha value is -2.41. The molecule has 1 amide bonds. The summed E-state index contributed by atoms with van der Waals surface area (Å²) in [5.41, 5.74) is 1.90. The number of carbonyl (C=O) groups is 1. The van der Waals surface area contributed by atoms with Gasteiger partial charge in [-0.3, -0.25) is 4.79 Å². The van der Waals surface area contributed by atoms with Gasteiger partial charge in [0.2, 0.25) is 0 Å². The Kier molecular flexibility index (Phi) is 7.03. The van der Waals surface area contributed by atoms with Gasteiger partial charge >= 0.3 is 0 Å². The SMILES string of the molecule is COc1cccc(-n2nnc(C(=O)NCCCCN3CCCC(C)C3)c2C)c1. The minimum atomic E-state index is -0.168. The van der Waals surface area contributed by atoms with Crippen LogP contribution in [0.2, 0.25) is 0 Å². The maximum atomic E-state index is 12.5. The zero-order valence-electron chi connectivity index (χ0n) is 17.1. The standard InChI is InChI=1S/C21H31N5O2/c1-16-8-7-13-25(15-16)12-5-4-11-22-21(27)20-17(2)26(24-23-20)18-9-6-10-19(14-18)28-3/h6,9-10,14,16H,4-5,7-8,11-13,15H2,1-3H3,(H,22,27). The van der Waals surface area contributed by atoms with Gasteiger partial charge in [0, 0.05) is 19.2 Å². The number of rotatable bonds is 8. The van der Waals surface area contributed by atoms with Crippen LogP contribution in [0.15, 0.2) is 24.3 Å². The number of amides is 1. The van der Waals surface area contributed by atoms with Crippen molar-refractivity contribution in [3.63, 3.8) is 0 Å². The van der Waals surface area contributed by atoms with Crippen LogP contribution in [0.4, 0.5) is 0 Å². The first-order valence-electron chi connectivity index (χ1n) is 10.2. The van der Waals surface area contributed by atoms with Crippen LogP contribution in [0.1, 0.15) is 48.8 Å². The molecule has 1 aromatic heterocycles. The second-order valence-electron chi connectivity index (χ2n) is 7.65. The second-order valence-corrected chi connectivity index (χ2v) is 7.65. The molecule has 0 radical (unpaired) electrons. The fraction of sp³-hybridized carbons (Fsp3) is 0.571. The minimum absolute atomic E-state index is 0.168. The number of aromatic nitrogens is 3. The first-order chi connectivity index (χ1) is 13.6. The predicted octanol–water partition coefficient (Wildman–Crippen LogP) is 2.83. The number of likely N-dealkylation sites (tertiary alicyclic amines) is 1. The minimum Gasteiger partial charge on any atom is -0.497 e. The van der Waals surface area contributed by atoms with Crippen molar-refractivity contribution in [2.45, 2.75) is 39.5 Å². The summed E-state index contributed by atoms with van der Waals surface area (Å²) in [6.45, 7) is 8.38. The van der Waals surface area contributed by atoms with Gasteiger partial charge in [-0.15, -0.1) is 5.10 Å². The normalized spacial score (nSPS) is 17.5. The third-order valence-corrected chi connectivity index (χ3v) is 5.34. The van der Waals surface area contributed by atoms with Crippen LogP contribution in [0.5, 0.6) is 5.75 Å². The lowest BCUT2D eigenvalue weighted by Crippen LogP contribution is -2.35. The van der Waals surface area contributed by atoms with Crippen LogP contribution in [0.25, 0.3) is 5.69 Å². The highest BCUT2D eigenvalue weighted by Gasteiger charge is 2.18. The Morgan fingerprint density at radius 3 is 3.00 bits per heavy atom. The first-order valence-corrected chi connectivity index (χ1v) is 10.2. The number of piperidine rings is 1. The first kappa shape index (κ1) is 20.3. The van der Waals surface area contributed by atoms with Crippen molar-refractivity contribution in [1.29, 1.82) is 0 Å². The maximum absolute atomic E-state index is 12.5. The molecule has 7 heteroatoms. The Morgan fingerprint density at radius 1 is 1.36 bits per heavy atom. The largest absolute Gasteiger partial charge is 0.497 e. The van der Waals surface area contributed by atoms with Crippen LogP contribution in [-0.4, -0.2) is 59.1 Å². The Morgan fingerprint density at radius 2 is 2.21 bits per heavy atom. The van der Waals surface area contributed by atoms with Crippen molar-refractivity contribution in [2.24, 2.45) is 5.92 Å². The van der Waals surface area contributed by atoms with Gasteiger partial charge in [0.1, 0.15) is 5.75 Å². The summed E-state index contributed by atoms with van der Waals surface area (Å²) < 4.78 is 6.91. The third kappa shape index (κ3) is 5.10. The molecular formula is C21H31N5O2. The number of hydrogen-bond donors (Lipinski definition) is 1. The third-order valence-electron chi connectivity index (χ3n) is 5.34. The van der Waals surface area contributed by atoms with E-state index in [9.17, 15) is 4.79 Å². The van der Waals surface area contributed by atoms with Gasteiger partial charge in [0.05, 0.1) is 18.5 Å². The molecule has 152 valence electrons. The molecule has 1 fully saturated rings. The fourth-order valence-corrected chi connectivity index (χ4v) is 3.76. The zero-order chi connectivity index (χ0) is 19.9. The van der Waals surface area contributed by atoms with E-state index in [1.165, 1.54) is 25.9 Å². The highest BCUT2D eigenvalue weighted by molar-refractivity contribution is 5.93. The van der Waals surface area contributed by atoms with Gasteiger partial charge in [-0.1, -0.05) is 18.2 Å². The Bertz CT molecular complexity index is 789. The highest BCUT2D eigenvalue weighted by atomic mass is 16.5. The van der Waals surface area contributed by atoms with Crippen molar-refractivity contribution in [2.75, 3.05) is 33.3 Å². The van der Waals surface area contributed by atoms with E-state index in [0.29, 0.717) is 17.9 Å². The molecule has 1 aromatic carbocycles. The number of benzene rings is 1. The van der Waals surface area contributed by atoms with E-state index in [4.69, 9.17) is 4.74 Å². The zero-order valence-corrected chi connectivity index (χ0v) is 17.1. The molecular weight excluding hydrogens is 354 g/mol. The quantitative estimate of drug-likeness (QED) is 0.708. The molecule has 1 aliphatic rings. The number of unbranched alkanes of at least 4 members (excludes halogenated alkanes) is 1. The van der Waals surface area contributed by atoms with E-state index < -0.39 is 0 Å². The number of ether oxygens (including phenoxy) is 1. The number of nitrogens with one attached hydrogen (secondary N) is 1. The van der Waals surface area contributed by atoms with Crippen molar-refractivity contribution in [3.05, 3.63) is 35.7 Å².